The van der Waals surface area contributed by atoms with Crippen LogP contribution in [0.3, 0.4) is 0 Å². The molecule has 0 saturated carbocycles. The van der Waals surface area contributed by atoms with Crippen LogP contribution in [0.4, 0.5) is 18.9 Å². The van der Waals surface area contributed by atoms with Gasteiger partial charge in [0.2, 0.25) is 0 Å². The Morgan fingerprint density at radius 3 is 2.39 bits per heavy atom. The molecule has 0 aliphatic carbocycles. The average molecular weight is 432 g/mol. The van der Waals surface area contributed by atoms with E-state index in [-0.39, 0.29) is 18.1 Å². The predicted octanol–water partition coefficient (Wildman–Crippen LogP) is 3.99. The molecular weight excluding hydrogens is 413 g/mol. The number of anilines is 1. The molecule has 0 atom stereocenters. The Balaban J connectivity index is 1.67. The molecule has 2 aromatic heterocycles. The first-order valence-electron chi connectivity index (χ1n) is 9.33. The first kappa shape index (κ1) is 20.7. The Morgan fingerprint density at radius 2 is 1.77 bits per heavy atom. The van der Waals surface area contributed by atoms with Gasteiger partial charge in [0.15, 0.2) is 0 Å². The van der Waals surface area contributed by atoms with Crippen molar-refractivity contribution >= 4 is 11.6 Å². The molecule has 0 fully saturated rings. The second-order valence-corrected chi connectivity index (χ2v) is 7.15. The van der Waals surface area contributed by atoms with E-state index in [4.69, 9.17) is 9.47 Å². The number of ether oxygens (including phenoxy) is 2. The fourth-order valence-corrected chi connectivity index (χ4v) is 3.58. The first-order valence-corrected chi connectivity index (χ1v) is 9.33. The Morgan fingerprint density at radius 1 is 1.10 bits per heavy atom. The number of hydrogen-bond acceptors (Lipinski definition) is 5. The quantitative estimate of drug-likeness (QED) is 0.610. The number of aryl methyl sites for hydroxylation is 1. The molecule has 0 N–H and O–H groups in total. The largest absolute Gasteiger partial charge is 0.497 e. The molecule has 1 amide bonds. The van der Waals surface area contributed by atoms with Crippen LogP contribution in [0.15, 0.2) is 36.7 Å². The van der Waals surface area contributed by atoms with Gasteiger partial charge in [0.05, 0.1) is 49.6 Å². The maximum absolute atomic E-state index is 12.9. The highest BCUT2D eigenvalue weighted by molar-refractivity contribution is 6.10. The molecule has 0 unspecified atom stereocenters. The Bertz CT molecular complexity index is 1140. The highest BCUT2D eigenvalue weighted by Gasteiger charge is 2.34. The number of amides is 1. The number of alkyl halides is 3. The molecule has 1 aliphatic rings. The van der Waals surface area contributed by atoms with Crippen LogP contribution >= 0.6 is 0 Å². The van der Waals surface area contributed by atoms with Crippen LogP contribution in [0.5, 0.6) is 11.5 Å². The van der Waals surface area contributed by atoms with E-state index in [1.807, 2.05) is 12.1 Å². The number of hydrogen-bond donors (Lipinski definition) is 0. The maximum Gasteiger partial charge on any atom is 0.408 e. The summed E-state index contributed by atoms with van der Waals surface area (Å²) >= 11 is 0. The Labute approximate surface area is 176 Å². The summed E-state index contributed by atoms with van der Waals surface area (Å²) in [6, 6.07) is 7.16. The number of carbonyl (C=O) groups is 1. The normalized spacial score (nSPS) is 13.5. The van der Waals surface area contributed by atoms with Gasteiger partial charge in [-0.25, -0.2) is 0 Å². The van der Waals surface area contributed by atoms with Crippen molar-refractivity contribution in [2.24, 2.45) is 0 Å². The second kappa shape index (κ2) is 7.60. The van der Waals surface area contributed by atoms with Crippen LogP contribution in [-0.2, 0) is 13.1 Å². The summed E-state index contributed by atoms with van der Waals surface area (Å²) in [6.07, 6.45) is -1.94. The number of carbonyl (C=O) groups excluding carboxylic acids is 1. The lowest BCUT2D eigenvalue weighted by Gasteiger charge is -2.12. The van der Waals surface area contributed by atoms with Crippen LogP contribution in [0.25, 0.3) is 11.3 Å². The van der Waals surface area contributed by atoms with Crippen LogP contribution in [0.1, 0.15) is 21.6 Å². The van der Waals surface area contributed by atoms with Gasteiger partial charge in [-0.05, 0) is 30.7 Å². The second-order valence-electron chi connectivity index (χ2n) is 7.15. The lowest BCUT2D eigenvalue weighted by atomic mass is 10.0. The zero-order valence-electron chi connectivity index (χ0n) is 17.0. The zero-order valence-corrected chi connectivity index (χ0v) is 17.0. The maximum atomic E-state index is 12.9. The van der Waals surface area contributed by atoms with Gasteiger partial charge in [-0.1, -0.05) is 0 Å². The number of methoxy groups -OCH3 is 2. The summed E-state index contributed by atoms with van der Waals surface area (Å²) in [6.45, 7) is 0.721. The molecular formula is C21H19F3N4O3. The van der Waals surface area contributed by atoms with E-state index in [9.17, 15) is 18.0 Å². The van der Waals surface area contributed by atoms with Gasteiger partial charge in [-0.2, -0.15) is 18.3 Å². The molecule has 0 radical (unpaired) electrons. The molecule has 7 nitrogen and oxygen atoms in total. The highest BCUT2D eigenvalue weighted by Crippen LogP contribution is 2.34. The van der Waals surface area contributed by atoms with E-state index in [1.54, 1.807) is 33.3 Å². The molecule has 162 valence electrons. The number of pyridine rings is 1. The third-order valence-electron chi connectivity index (χ3n) is 4.98. The third kappa shape index (κ3) is 4.05. The van der Waals surface area contributed by atoms with Crippen molar-refractivity contribution in [3.8, 4) is 22.8 Å². The van der Waals surface area contributed by atoms with E-state index >= 15 is 0 Å². The van der Waals surface area contributed by atoms with E-state index in [2.05, 4.69) is 10.1 Å². The van der Waals surface area contributed by atoms with Crippen molar-refractivity contribution in [3.05, 3.63) is 53.5 Å². The van der Waals surface area contributed by atoms with Gasteiger partial charge in [-0.15, -0.1) is 0 Å². The van der Waals surface area contributed by atoms with Crippen molar-refractivity contribution in [2.75, 3.05) is 19.1 Å². The smallest absolute Gasteiger partial charge is 0.408 e. The molecule has 1 aromatic carbocycles. The van der Waals surface area contributed by atoms with Crippen molar-refractivity contribution in [3.63, 3.8) is 0 Å². The van der Waals surface area contributed by atoms with Gasteiger partial charge in [0.1, 0.15) is 18.0 Å². The van der Waals surface area contributed by atoms with E-state index in [0.717, 1.165) is 15.8 Å². The van der Waals surface area contributed by atoms with E-state index in [1.165, 1.54) is 17.3 Å². The van der Waals surface area contributed by atoms with Gasteiger partial charge in [-0.3, -0.25) is 19.4 Å². The molecule has 0 bridgehead atoms. The molecule has 0 spiro atoms. The Hall–Kier alpha value is -3.56. The summed E-state index contributed by atoms with van der Waals surface area (Å²) in [5.41, 5.74) is 3.39. The van der Waals surface area contributed by atoms with E-state index < -0.39 is 12.7 Å². The average Bonchev–Trinajstić information content (AvgIpc) is 3.30. The SMILES string of the molecule is COc1cc(OC)cc(-c2cc(C)c3c(n2)CN(c2cnn(CC(F)(F)F)c2)C3=O)c1. The van der Waals surface area contributed by atoms with Crippen molar-refractivity contribution in [1.29, 1.82) is 0 Å². The van der Waals surface area contributed by atoms with Gasteiger partial charge < -0.3 is 9.47 Å². The zero-order chi connectivity index (χ0) is 22.3. The first-order chi connectivity index (χ1) is 14.7. The topological polar surface area (TPSA) is 69.5 Å². The third-order valence-corrected chi connectivity index (χ3v) is 4.98. The van der Waals surface area contributed by atoms with Crippen LogP contribution in [0, 0.1) is 6.92 Å². The number of rotatable bonds is 5. The Kier molecular flexibility index (Phi) is 5.08. The van der Waals surface area contributed by atoms with Gasteiger partial charge in [0.25, 0.3) is 5.91 Å². The summed E-state index contributed by atoms with van der Waals surface area (Å²) < 4.78 is 49.2. The fourth-order valence-electron chi connectivity index (χ4n) is 3.58. The molecule has 0 saturated heterocycles. The molecule has 3 heterocycles. The summed E-state index contributed by atoms with van der Waals surface area (Å²) in [5.74, 6) is 0.884. The highest BCUT2D eigenvalue weighted by atomic mass is 19.4. The molecule has 3 aromatic rings. The van der Waals surface area contributed by atoms with E-state index in [0.29, 0.717) is 28.5 Å². The molecule has 31 heavy (non-hydrogen) atoms. The minimum atomic E-state index is -4.40. The van der Waals surface area contributed by atoms with Crippen molar-refractivity contribution in [2.45, 2.75) is 26.2 Å². The molecule has 4 rings (SSSR count). The lowest BCUT2D eigenvalue weighted by Crippen LogP contribution is -2.23. The van der Waals surface area contributed by atoms with Crippen LogP contribution < -0.4 is 14.4 Å². The van der Waals surface area contributed by atoms with Crippen LogP contribution in [0.2, 0.25) is 0 Å². The minimum absolute atomic E-state index is 0.141. The molecule has 10 heteroatoms. The minimum Gasteiger partial charge on any atom is -0.497 e. The summed E-state index contributed by atoms with van der Waals surface area (Å²) in [5, 5.41) is 3.72. The van der Waals surface area contributed by atoms with Crippen molar-refractivity contribution in [1.82, 2.24) is 14.8 Å². The number of nitrogens with zero attached hydrogens (tertiary/aromatic N) is 4. The van der Waals surface area contributed by atoms with Crippen LogP contribution in [-0.4, -0.2) is 41.1 Å². The lowest BCUT2D eigenvalue weighted by molar-refractivity contribution is -0.142. The molecule has 1 aliphatic heterocycles. The standard InChI is InChI=1S/C21H19F3N4O3/c1-12-4-17(13-5-15(30-2)7-16(6-13)31-3)26-18-10-28(20(29)19(12)18)14-8-25-27(9-14)11-21(22,23)24/h4-9H,10-11H2,1-3H3. The number of aromatic nitrogens is 3. The van der Waals surface area contributed by atoms with Gasteiger partial charge >= 0.3 is 6.18 Å². The monoisotopic (exact) mass is 432 g/mol. The fraction of sp³-hybridized carbons (Fsp3) is 0.286. The predicted molar refractivity (Wildman–Crippen MR) is 106 cm³/mol. The number of fused-ring (bicyclic) bond motifs is 1. The van der Waals surface area contributed by atoms with Crippen molar-refractivity contribution < 1.29 is 27.4 Å². The number of halogens is 3. The van der Waals surface area contributed by atoms with Gasteiger partial charge in [0, 0.05) is 17.8 Å². The number of benzene rings is 1. The summed E-state index contributed by atoms with van der Waals surface area (Å²) in [4.78, 5) is 19.0. The summed E-state index contributed by atoms with van der Waals surface area (Å²) in [7, 11) is 3.10.